The predicted octanol–water partition coefficient (Wildman–Crippen LogP) is 13.5. The predicted molar refractivity (Wildman–Crippen MR) is 373 cm³/mol. The number of rotatable bonds is 12. The summed E-state index contributed by atoms with van der Waals surface area (Å²) in [7, 11) is -1.58. The van der Waals surface area contributed by atoms with E-state index in [1.54, 1.807) is 12.1 Å². The number of carbonyl (C=O) groups excluding carboxylic acids is 3. The SMILES string of the molecule is C.C.C.O=C(O)c1ccc(-c2ccc([C@@H]3CC34CCN(C(=O)[C@H]3CCCO3)CC4)cc2)s1.O=C(O)c1ccc(-c2ccc([C@H]3CC34CCN(C(=O)[C@H]3CCCO3)CC4)cc2)s1.O=C(O)c1ccc(B(O)O)s1.O=C([C@H]1CCCO1)N1CCC2(CC1)CC2c1ccc(Br)cc1. The fraction of sp³-hybridized carbons (Fsp3) is 0.500. The zero-order chi connectivity index (χ0) is 63.6. The van der Waals surface area contributed by atoms with Crippen molar-refractivity contribution in [1.82, 2.24) is 14.7 Å². The lowest BCUT2D eigenvalue weighted by atomic mass is 9.88. The van der Waals surface area contributed by atoms with Crippen LogP contribution in [0.4, 0.5) is 0 Å². The molecule has 9 fully saturated rings. The Labute approximate surface area is 572 Å². The Hall–Kier alpha value is -6.08. The van der Waals surface area contributed by atoms with Crippen LogP contribution in [-0.4, -0.2) is 160 Å². The number of benzene rings is 3. The molecule has 15 rings (SSSR count). The number of halogens is 1. The topological polar surface area (TPSA) is 241 Å². The van der Waals surface area contributed by atoms with Gasteiger partial charge in [-0.15, -0.1) is 34.0 Å². The van der Waals surface area contributed by atoms with Gasteiger partial charge in [-0.2, -0.15) is 0 Å². The molecule has 6 saturated heterocycles. The largest absolute Gasteiger partial charge is 0.499 e. The average Bonchev–Trinajstić information content (AvgIpc) is 1.59. The monoisotopic (exact) mass is 1410 g/mol. The molecular formula is C72H89BBrN3O14S3. The van der Waals surface area contributed by atoms with Gasteiger partial charge in [0.05, 0.1) is 0 Å². The van der Waals surface area contributed by atoms with Crippen LogP contribution in [0.1, 0.15) is 182 Å². The first-order chi connectivity index (χ1) is 43.9. The third-order valence-corrected chi connectivity index (χ3v) is 24.5. The molecule has 3 amide bonds. The maximum atomic E-state index is 12.6. The second-order valence-electron chi connectivity index (χ2n) is 26.0. The lowest BCUT2D eigenvalue weighted by Gasteiger charge is -2.34. The van der Waals surface area contributed by atoms with E-state index in [0.717, 1.165) is 173 Å². The van der Waals surface area contributed by atoms with E-state index in [1.165, 1.54) is 70.8 Å². The van der Waals surface area contributed by atoms with Crippen LogP contribution in [0.15, 0.2) is 114 Å². The number of ether oxygens (including phenoxy) is 3. The Morgan fingerprint density at radius 2 is 0.723 bits per heavy atom. The first-order valence-electron chi connectivity index (χ1n) is 31.9. The Morgan fingerprint density at radius 1 is 0.426 bits per heavy atom. The minimum Gasteiger partial charge on any atom is -0.477 e. The van der Waals surface area contributed by atoms with Gasteiger partial charge in [0.2, 0.25) is 0 Å². The maximum absolute atomic E-state index is 12.6. The fourth-order valence-electron chi connectivity index (χ4n) is 14.8. The van der Waals surface area contributed by atoms with Gasteiger partial charge in [0.15, 0.2) is 0 Å². The van der Waals surface area contributed by atoms with Crippen LogP contribution in [0, 0.1) is 16.2 Å². The summed E-state index contributed by atoms with van der Waals surface area (Å²) in [5, 5.41) is 43.8. The number of aromatic carboxylic acids is 3. The minimum atomic E-state index is -1.58. The number of carbonyl (C=O) groups is 6. The Morgan fingerprint density at radius 3 is 0.979 bits per heavy atom. The van der Waals surface area contributed by atoms with Gasteiger partial charge in [-0.3, -0.25) is 14.4 Å². The average molecular weight is 1410 g/mol. The highest BCUT2D eigenvalue weighted by molar-refractivity contribution is 9.10. The molecule has 0 radical (unpaired) electrons. The Kier molecular flexibility index (Phi) is 23.8. The molecule has 3 saturated carbocycles. The van der Waals surface area contributed by atoms with Gasteiger partial charge in [0.1, 0.15) is 32.9 Å². The van der Waals surface area contributed by atoms with E-state index in [9.17, 15) is 28.8 Å². The third kappa shape index (κ3) is 16.3. The van der Waals surface area contributed by atoms with Gasteiger partial charge >= 0.3 is 25.0 Å². The van der Waals surface area contributed by atoms with Crippen molar-refractivity contribution in [3.63, 3.8) is 0 Å². The number of carboxylic acids is 3. The van der Waals surface area contributed by atoms with Gasteiger partial charge in [-0.1, -0.05) is 105 Å². The highest BCUT2D eigenvalue weighted by Gasteiger charge is 2.58. The molecule has 0 bridgehead atoms. The van der Waals surface area contributed by atoms with Crippen molar-refractivity contribution in [3.8, 4) is 20.9 Å². The van der Waals surface area contributed by atoms with Crippen molar-refractivity contribution in [2.45, 2.75) is 155 Å². The molecule has 504 valence electrons. The molecule has 6 aromatic rings. The molecule has 3 spiro atoms. The van der Waals surface area contributed by atoms with E-state index < -0.39 is 25.0 Å². The Bertz CT molecular complexity index is 3420. The second-order valence-corrected chi connectivity index (χ2v) is 30.2. The Balaban J connectivity index is 0.000000153. The van der Waals surface area contributed by atoms with Crippen molar-refractivity contribution in [3.05, 3.63) is 145 Å². The summed E-state index contributed by atoms with van der Waals surface area (Å²) >= 11 is 6.98. The van der Waals surface area contributed by atoms with E-state index in [2.05, 4.69) is 88.7 Å². The molecule has 5 N–H and O–H groups in total. The van der Waals surface area contributed by atoms with Crippen molar-refractivity contribution < 1.29 is 68.3 Å². The summed E-state index contributed by atoms with van der Waals surface area (Å²) in [6, 6.07) is 35.7. The van der Waals surface area contributed by atoms with E-state index in [1.807, 2.05) is 26.8 Å². The number of carboxylic acid groups (broad SMARTS) is 3. The molecule has 9 heterocycles. The van der Waals surface area contributed by atoms with E-state index in [4.69, 9.17) is 39.6 Å². The molecule has 3 aromatic carbocycles. The quantitative estimate of drug-likeness (QED) is 0.0716. The smallest absolute Gasteiger partial charge is 0.477 e. The van der Waals surface area contributed by atoms with Gasteiger partial charge in [0, 0.05) is 78.1 Å². The van der Waals surface area contributed by atoms with Crippen molar-refractivity contribution in [2.24, 2.45) is 16.2 Å². The summed E-state index contributed by atoms with van der Waals surface area (Å²) in [4.78, 5) is 78.9. The van der Waals surface area contributed by atoms with Crippen LogP contribution in [0.3, 0.4) is 0 Å². The number of hydrogen-bond acceptors (Lipinski definition) is 14. The van der Waals surface area contributed by atoms with Crippen molar-refractivity contribution >= 4 is 97.5 Å². The lowest BCUT2D eigenvalue weighted by Crippen LogP contribution is -2.44. The van der Waals surface area contributed by atoms with Crippen LogP contribution >= 0.6 is 49.9 Å². The number of nitrogens with zero attached hydrogens (tertiary/aromatic N) is 3. The summed E-state index contributed by atoms with van der Waals surface area (Å²) in [5.41, 5.74) is 7.49. The summed E-state index contributed by atoms with van der Waals surface area (Å²) in [5.74, 6) is -0.338. The number of likely N-dealkylation sites (tertiary alicyclic amines) is 3. The highest BCUT2D eigenvalue weighted by Crippen LogP contribution is 2.67. The first-order valence-corrected chi connectivity index (χ1v) is 35.2. The second kappa shape index (κ2) is 31.0. The molecule has 94 heavy (non-hydrogen) atoms. The van der Waals surface area contributed by atoms with Gasteiger partial charge in [-0.05, 0) is 201 Å². The number of amides is 3. The molecule has 6 atom stereocenters. The lowest BCUT2D eigenvalue weighted by molar-refractivity contribution is -0.143. The van der Waals surface area contributed by atoms with Crippen LogP contribution in [0.25, 0.3) is 20.9 Å². The molecule has 3 aromatic heterocycles. The van der Waals surface area contributed by atoms with Gasteiger partial charge in [0.25, 0.3) is 17.7 Å². The van der Waals surface area contributed by atoms with Crippen molar-refractivity contribution in [2.75, 3.05) is 59.1 Å². The normalized spacial score (nSPS) is 23.7. The summed E-state index contributed by atoms with van der Waals surface area (Å²) in [6.45, 7) is 7.39. The van der Waals surface area contributed by atoms with Crippen LogP contribution in [0.2, 0.25) is 0 Å². The molecule has 6 aliphatic heterocycles. The van der Waals surface area contributed by atoms with E-state index in [-0.39, 0.29) is 68.0 Å². The van der Waals surface area contributed by atoms with Crippen LogP contribution < -0.4 is 4.78 Å². The minimum absolute atomic E-state index is 0. The zero-order valence-corrected chi connectivity index (χ0v) is 54.8. The summed E-state index contributed by atoms with van der Waals surface area (Å²) in [6.07, 6.45) is 15.4. The molecule has 22 heteroatoms. The highest BCUT2D eigenvalue weighted by atomic mass is 79.9. The van der Waals surface area contributed by atoms with Crippen molar-refractivity contribution in [1.29, 1.82) is 0 Å². The fourth-order valence-corrected chi connectivity index (χ4v) is 17.5. The van der Waals surface area contributed by atoms with E-state index >= 15 is 0 Å². The standard InChI is InChI=1S/2C23H25NO4S.C18H22BrNO2.C5H5BO4S.3CH4/c2*25-21(18-2-1-13-28-18)24-11-9-23(10-12-24)14-17(23)15-3-5-16(6-4-15)19-7-8-20(29-19)22(26)27;19-14-5-3-13(4-6-14)15-12-18(15)7-9-20(10-8-18)17(21)16-2-1-11-22-16;7-5(8)3-1-2-4(11-3)6(9)10;;;/h2*3-8,17-18H,1-2,9-14H2,(H,26,27);3-6,15-16H,1-2,7-12H2;1-2,9-10H,(H,7,8);3*1H4/t17-,18+;17-,18-;15?,16-;;;;/m011..../s1. The maximum Gasteiger partial charge on any atom is 0.499 e. The molecule has 1 unspecified atom stereocenters. The van der Waals surface area contributed by atoms with Crippen LogP contribution in [0.5, 0.6) is 0 Å². The number of thiophene rings is 3. The summed E-state index contributed by atoms with van der Waals surface area (Å²) < 4.78 is 18.1. The molecular weight excluding hydrogens is 1320 g/mol. The third-order valence-electron chi connectivity index (χ3n) is 20.6. The van der Waals surface area contributed by atoms with Crippen LogP contribution in [-0.2, 0) is 28.6 Å². The number of piperidine rings is 3. The molecule has 9 aliphatic rings. The molecule has 17 nitrogen and oxygen atoms in total. The first kappa shape index (κ1) is 72.2. The molecule has 3 aliphatic carbocycles. The zero-order valence-electron chi connectivity index (χ0n) is 50.8. The van der Waals surface area contributed by atoms with Gasteiger partial charge in [-0.25, -0.2) is 14.4 Å². The van der Waals surface area contributed by atoms with Gasteiger partial charge < -0.3 is 54.3 Å². The van der Waals surface area contributed by atoms with E-state index in [0.29, 0.717) is 43.8 Å². The number of hydrogen-bond donors (Lipinski definition) is 5.